The molecule has 118 valence electrons. The van der Waals surface area contributed by atoms with Crippen LogP contribution in [0, 0.1) is 0 Å². The van der Waals surface area contributed by atoms with Crippen LogP contribution in [-0.4, -0.2) is 45.0 Å². The van der Waals surface area contributed by atoms with Crippen molar-refractivity contribution < 1.29 is 19.0 Å². The summed E-state index contributed by atoms with van der Waals surface area (Å²) in [6.45, 7) is 2.67. The molecule has 2 rings (SSSR count). The first-order valence-corrected chi connectivity index (χ1v) is 8.08. The van der Waals surface area contributed by atoms with E-state index in [2.05, 4.69) is 5.32 Å². The molecule has 0 saturated heterocycles. The van der Waals surface area contributed by atoms with Gasteiger partial charge in [-0.1, -0.05) is 6.07 Å². The molecule has 1 aliphatic rings. The minimum absolute atomic E-state index is 0.0325. The van der Waals surface area contributed by atoms with Crippen LogP contribution in [0.1, 0.15) is 30.7 Å². The zero-order chi connectivity index (χ0) is 15.2. The van der Waals surface area contributed by atoms with Crippen molar-refractivity contribution in [3.05, 3.63) is 22.4 Å². The molecule has 21 heavy (non-hydrogen) atoms. The lowest BCUT2D eigenvalue weighted by atomic mass is 9.84. The standard InChI is InChI=1S/C15H23NO4S/c1-4-20-12-8-11(15(12)19-3)16-10(9-14(17)18-2)13-6-5-7-21-13/h5-7,10-12,15-16H,4,8-9H2,1-3H3. The van der Waals surface area contributed by atoms with Crippen molar-refractivity contribution in [2.24, 2.45) is 0 Å². The predicted octanol–water partition coefficient (Wildman–Crippen LogP) is 2.13. The van der Waals surface area contributed by atoms with Crippen molar-refractivity contribution in [2.45, 2.75) is 44.1 Å². The van der Waals surface area contributed by atoms with Crippen LogP contribution in [0.4, 0.5) is 0 Å². The molecule has 0 spiro atoms. The Labute approximate surface area is 129 Å². The van der Waals surface area contributed by atoms with E-state index in [9.17, 15) is 4.79 Å². The summed E-state index contributed by atoms with van der Waals surface area (Å²) >= 11 is 1.64. The highest BCUT2D eigenvalue weighted by Gasteiger charge is 2.43. The molecule has 4 unspecified atom stereocenters. The second-order valence-electron chi connectivity index (χ2n) is 5.05. The lowest BCUT2D eigenvalue weighted by Gasteiger charge is -2.44. The lowest BCUT2D eigenvalue weighted by molar-refractivity contribution is -0.143. The van der Waals surface area contributed by atoms with E-state index in [0.29, 0.717) is 13.0 Å². The molecule has 0 radical (unpaired) electrons. The maximum Gasteiger partial charge on any atom is 0.307 e. The maximum atomic E-state index is 11.6. The Balaban J connectivity index is 1.97. The molecule has 5 nitrogen and oxygen atoms in total. The first-order valence-electron chi connectivity index (χ1n) is 7.20. The van der Waals surface area contributed by atoms with Crippen LogP contribution in [0.3, 0.4) is 0 Å². The van der Waals surface area contributed by atoms with Gasteiger partial charge in [0.2, 0.25) is 0 Å². The van der Waals surface area contributed by atoms with Crippen molar-refractivity contribution in [3.8, 4) is 0 Å². The van der Waals surface area contributed by atoms with Gasteiger partial charge in [-0.3, -0.25) is 4.79 Å². The van der Waals surface area contributed by atoms with Crippen molar-refractivity contribution in [2.75, 3.05) is 20.8 Å². The average Bonchev–Trinajstić information content (AvgIpc) is 2.99. The van der Waals surface area contributed by atoms with E-state index in [1.54, 1.807) is 18.4 Å². The molecule has 1 N–H and O–H groups in total. The summed E-state index contributed by atoms with van der Waals surface area (Å²) in [6.07, 6.45) is 1.39. The summed E-state index contributed by atoms with van der Waals surface area (Å²) in [5.74, 6) is -0.212. The van der Waals surface area contributed by atoms with E-state index >= 15 is 0 Å². The van der Waals surface area contributed by atoms with Crippen molar-refractivity contribution in [1.82, 2.24) is 5.32 Å². The Morgan fingerprint density at radius 1 is 1.52 bits per heavy atom. The normalized spacial score (nSPS) is 26.1. The highest BCUT2D eigenvalue weighted by Crippen LogP contribution is 2.31. The summed E-state index contributed by atoms with van der Waals surface area (Å²) < 4.78 is 15.9. The number of carbonyl (C=O) groups is 1. The molecular formula is C15H23NO4S. The average molecular weight is 313 g/mol. The monoisotopic (exact) mass is 313 g/mol. The number of ether oxygens (including phenoxy) is 3. The van der Waals surface area contributed by atoms with Crippen LogP contribution in [0.2, 0.25) is 0 Å². The molecule has 1 aromatic rings. The molecule has 0 aromatic carbocycles. The molecule has 1 heterocycles. The quantitative estimate of drug-likeness (QED) is 0.745. The van der Waals surface area contributed by atoms with Crippen LogP contribution in [0.15, 0.2) is 17.5 Å². The van der Waals surface area contributed by atoms with E-state index in [4.69, 9.17) is 14.2 Å². The molecule has 1 aliphatic carbocycles. The van der Waals surface area contributed by atoms with Gasteiger partial charge in [0.1, 0.15) is 0 Å². The molecule has 0 amide bonds. The highest BCUT2D eigenvalue weighted by molar-refractivity contribution is 7.10. The molecule has 1 saturated carbocycles. The Morgan fingerprint density at radius 2 is 2.33 bits per heavy atom. The molecular weight excluding hydrogens is 290 g/mol. The van der Waals surface area contributed by atoms with E-state index in [1.165, 1.54) is 7.11 Å². The highest BCUT2D eigenvalue weighted by atomic mass is 32.1. The third-order valence-corrected chi connectivity index (χ3v) is 4.79. The van der Waals surface area contributed by atoms with Gasteiger partial charge in [0, 0.05) is 24.6 Å². The van der Waals surface area contributed by atoms with E-state index < -0.39 is 0 Å². The Morgan fingerprint density at radius 3 is 2.90 bits per heavy atom. The van der Waals surface area contributed by atoms with Crippen LogP contribution >= 0.6 is 11.3 Å². The number of esters is 1. The van der Waals surface area contributed by atoms with Gasteiger partial charge >= 0.3 is 5.97 Å². The van der Waals surface area contributed by atoms with Crippen molar-refractivity contribution in [3.63, 3.8) is 0 Å². The van der Waals surface area contributed by atoms with Gasteiger partial charge in [-0.05, 0) is 24.8 Å². The lowest BCUT2D eigenvalue weighted by Crippen LogP contribution is -2.60. The molecule has 1 fully saturated rings. The van der Waals surface area contributed by atoms with E-state index in [1.807, 2.05) is 24.4 Å². The van der Waals surface area contributed by atoms with E-state index in [0.717, 1.165) is 11.3 Å². The van der Waals surface area contributed by atoms with Gasteiger partial charge in [-0.2, -0.15) is 0 Å². The molecule has 0 bridgehead atoms. The van der Waals surface area contributed by atoms with Gasteiger partial charge in [0.15, 0.2) is 0 Å². The number of hydrogen-bond acceptors (Lipinski definition) is 6. The predicted molar refractivity (Wildman–Crippen MR) is 81.4 cm³/mol. The molecule has 0 aliphatic heterocycles. The number of thiophene rings is 1. The second-order valence-corrected chi connectivity index (χ2v) is 6.03. The first-order chi connectivity index (χ1) is 10.2. The molecule has 1 aromatic heterocycles. The van der Waals surface area contributed by atoms with Crippen molar-refractivity contribution >= 4 is 17.3 Å². The summed E-state index contributed by atoms with van der Waals surface area (Å²) in [5.41, 5.74) is 0. The number of nitrogens with one attached hydrogen (secondary N) is 1. The summed E-state index contributed by atoms with van der Waals surface area (Å²) in [5, 5.41) is 5.53. The third kappa shape index (κ3) is 4.03. The van der Waals surface area contributed by atoms with Gasteiger partial charge in [-0.15, -0.1) is 11.3 Å². The largest absolute Gasteiger partial charge is 0.469 e. The number of methoxy groups -OCH3 is 2. The Kier molecular flexibility index (Phi) is 6.17. The third-order valence-electron chi connectivity index (χ3n) is 3.80. The van der Waals surface area contributed by atoms with Gasteiger partial charge in [0.25, 0.3) is 0 Å². The van der Waals surface area contributed by atoms with Gasteiger partial charge in [0.05, 0.1) is 31.8 Å². The van der Waals surface area contributed by atoms with Crippen LogP contribution < -0.4 is 5.32 Å². The topological polar surface area (TPSA) is 56.8 Å². The minimum Gasteiger partial charge on any atom is -0.469 e. The fourth-order valence-corrected chi connectivity index (χ4v) is 3.46. The zero-order valence-corrected chi connectivity index (χ0v) is 13.5. The van der Waals surface area contributed by atoms with Crippen LogP contribution in [0.25, 0.3) is 0 Å². The smallest absolute Gasteiger partial charge is 0.307 e. The summed E-state index contributed by atoms with van der Waals surface area (Å²) in [4.78, 5) is 12.7. The summed E-state index contributed by atoms with van der Waals surface area (Å²) in [7, 11) is 3.12. The number of hydrogen-bond donors (Lipinski definition) is 1. The second kappa shape index (κ2) is 7.89. The van der Waals surface area contributed by atoms with Gasteiger partial charge in [-0.25, -0.2) is 0 Å². The fourth-order valence-electron chi connectivity index (χ4n) is 2.68. The molecule has 4 atom stereocenters. The van der Waals surface area contributed by atoms with Crippen LogP contribution in [0.5, 0.6) is 0 Å². The zero-order valence-electron chi connectivity index (χ0n) is 12.7. The summed E-state index contributed by atoms with van der Waals surface area (Å²) in [6, 6.07) is 4.18. The maximum absolute atomic E-state index is 11.6. The minimum atomic E-state index is -0.212. The number of carbonyl (C=O) groups excluding carboxylic acids is 1. The first kappa shape index (κ1) is 16.4. The Hall–Kier alpha value is -0.950. The van der Waals surface area contributed by atoms with E-state index in [-0.39, 0.29) is 30.3 Å². The molecule has 6 heteroatoms. The van der Waals surface area contributed by atoms with Crippen LogP contribution in [-0.2, 0) is 19.0 Å². The fraction of sp³-hybridized carbons (Fsp3) is 0.667. The Bertz CT molecular complexity index is 437. The number of rotatable bonds is 8. The SMILES string of the molecule is CCOC1CC(NC(CC(=O)OC)c2cccs2)C1OC. The van der Waals surface area contributed by atoms with Crippen molar-refractivity contribution in [1.29, 1.82) is 0 Å². The van der Waals surface area contributed by atoms with Gasteiger partial charge < -0.3 is 19.5 Å².